The number of fused-ring (bicyclic) bond motifs is 1. The SMILES string of the molecule is CC1(C)CCC[C@@]2(C)C1=C[C@H](O)C[C@@H]2C#N. The van der Waals surface area contributed by atoms with E-state index in [9.17, 15) is 10.4 Å². The molecule has 2 aliphatic rings. The summed E-state index contributed by atoms with van der Waals surface area (Å²) in [7, 11) is 0. The summed E-state index contributed by atoms with van der Waals surface area (Å²) in [5.74, 6) is -0.0259. The van der Waals surface area contributed by atoms with Gasteiger partial charge < -0.3 is 5.11 Å². The molecule has 2 aliphatic carbocycles. The molecule has 0 aromatic carbocycles. The maximum absolute atomic E-state index is 9.87. The van der Waals surface area contributed by atoms with Crippen molar-refractivity contribution in [3.63, 3.8) is 0 Å². The normalized spacial score (nSPS) is 41.8. The van der Waals surface area contributed by atoms with Gasteiger partial charge in [-0.3, -0.25) is 0 Å². The Morgan fingerprint density at radius 2 is 2.06 bits per heavy atom. The highest BCUT2D eigenvalue weighted by Gasteiger charge is 2.49. The van der Waals surface area contributed by atoms with Gasteiger partial charge in [0.2, 0.25) is 0 Å². The minimum absolute atomic E-state index is 0.00424. The van der Waals surface area contributed by atoms with Gasteiger partial charge in [-0.05, 0) is 24.7 Å². The summed E-state index contributed by atoms with van der Waals surface area (Å²) in [5, 5.41) is 19.2. The smallest absolute Gasteiger partial charge is 0.0736 e. The molecule has 1 saturated carbocycles. The molecular weight excluding hydrogens is 198 g/mol. The average Bonchev–Trinajstić information content (AvgIpc) is 2.19. The summed E-state index contributed by atoms with van der Waals surface area (Å²) in [4.78, 5) is 0. The molecular formula is C14H21NO. The predicted molar refractivity (Wildman–Crippen MR) is 63.5 cm³/mol. The summed E-state index contributed by atoms with van der Waals surface area (Å²) in [6.07, 6.45) is 5.64. The van der Waals surface area contributed by atoms with E-state index < -0.39 is 6.10 Å². The van der Waals surface area contributed by atoms with E-state index >= 15 is 0 Å². The van der Waals surface area contributed by atoms with E-state index in [0.717, 1.165) is 6.42 Å². The number of aliphatic hydroxyl groups excluding tert-OH is 1. The van der Waals surface area contributed by atoms with E-state index in [1.165, 1.54) is 18.4 Å². The van der Waals surface area contributed by atoms with Crippen molar-refractivity contribution < 1.29 is 5.11 Å². The third kappa shape index (κ3) is 1.58. The quantitative estimate of drug-likeness (QED) is 0.636. The fraction of sp³-hybridized carbons (Fsp3) is 0.786. The fourth-order valence-electron chi connectivity index (χ4n) is 3.68. The first-order chi connectivity index (χ1) is 7.40. The molecule has 0 unspecified atom stereocenters. The maximum atomic E-state index is 9.87. The van der Waals surface area contributed by atoms with E-state index in [1.54, 1.807) is 0 Å². The largest absolute Gasteiger partial charge is 0.389 e. The molecule has 1 fully saturated rings. The number of allylic oxidation sites excluding steroid dienone is 1. The third-order valence-electron chi connectivity index (χ3n) is 4.60. The Kier molecular flexibility index (Phi) is 2.62. The van der Waals surface area contributed by atoms with Gasteiger partial charge >= 0.3 is 0 Å². The highest BCUT2D eigenvalue weighted by atomic mass is 16.3. The molecule has 2 heteroatoms. The second kappa shape index (κ2) is 3.60. The topological polar surface area (TPSA) is 44.0 Å². The lowest BCUT2D eigenvalue weighted by Crippen LogP contribution is -2.43. The molecule has 1 N–H and O–H groups in total. The third-order valence-corrected chi connectivity index (χ3v) is 4.60. The van der Waals surface area contributed by atoms with Gasteiger partial charge in [0.15, 0.2) is 0 Å². The molecule has 0 aromatic rings. The molecule has 2 rings (SSSR count). The summed E-state index contributed by atoms with van der Waals surface area (Å²) < 4.78 is 0. The van der Waals surface area contributed by atoms with Crippen molar-refractivity contribution in [1.29, 1.82) is 5.26 Å². The van der Waals surface area contributed by atoms with Crippen LogP contribution in [-0.2, 0) is 0 Å². The molecule has 3 atom stereocenters. The van der Waals surface area contributed by atoms with Gasteiger partial charge in [0.1, 0.15) is 0 Å². The molecule has 0 aliphatic heterocycles. The molecule has 0 heterocycles. The lowest BCUT2D eigenvalue weighted by molar-refractivity contribution is 0.0858. The molecule has 0 saturated heterocycles. The molecule has 0 bridgehead atoms. The van der Waals surface area contributed by atoms with E-state index in [2.05, 4.69) is 26.8 Å². The van der Waals surface area contributed by atoms with Crippen LogP contribution in [0.4, 0.5) is 0 Å². The minimum atomic E-state index is -0.426. The van der Waals surface area contributed by atoms with E-state index in [1.807, 2.05) is 6.08 Å². The van der Waals surface area contributed by atoms with Crippen LogP contribution in [-0.4, -0.2) is 11.2 Å². The van der Waals surface area contributed by atoms with Crippen molar-refractivity contribution in [1.82, 2.24) is 0 Å². The molecule has 0 aromatic heterocycles. The molecule has 0 radical (unpaired) electrons. The second-order valence-electron chi connectivity index (χ2n) is 6.22. The van der Waals surface area contributed by atoms with Gasteiger partial charge in [0, 0.05) is 5.41 Å². The van der Waals surface area contributed by atoms with Crippen molar-refractivity contribution >= 4 is 0 Å². The lowest BCUT2D eigenvalue weighted by Gasteiger charge is -2.51. The van der Waals surface area contributed by atoms with E-state index in [0.29, 0.717) is 6.42 Å². The zero-order chi connectivity index (χ0) is 12.0. The summed E-state index contributed by atoms with van der Waals surface area (Å²) in [5.41, 5.74) is 1.45. The van der Waals surface area contributed by atoms with Gasteiger partial charge in [-0.1, -0.05) is 38.8 Å². The molecule has 88 valence electrons. The van der Waals surface area contributed by atoms with E-state index in [-0.39, 0.29) is 16.7 Å². The zero-order valence-electron chi connectivity index (χ0n) is 10.5. The van der Waals surface area contributed by atoms with Gasteiger partial charge in [0.05, 0.1) is 18.1 Å². The molecule has 0 spiro atoms. The highest BCUT2D eigenvalue weighted by molar-refractivity contribution is 5.31. The zero-order valence-corrected chi connectivity index (χ0v) is 10.5. The van der Waals surface area contributed by atoms with Gasteiger partial charge in [0.25, 0.3) is 0 Å². The first-order valence-corrected chi connectivity index (χ1v) is 6.20. The van der Waals surface area contributed by atoms with Crippen LogP contribution in [0, 0.1) is 28.1 Å². The van der Waals surface area contributed by atoms with Crippen LogP contribution < -0.4 is 0 Å². The first-order valence-electron chi connectivity index (χ1n) is 6.20. The van der Waals surface area contributed by atoms with Crippen molar-refractivity contribution in [3.8, 4) is 6.07 Å². The van der Waals surface area contributed by atoms with Crippen molar-refractivity contribution in [2.24, 2.45) is 16.7 Å². The van der Waals surface area contributed by atoms with Crippen LogP contribution in [0.25, 0.3) is 0 Å². The van der Waals surface area contributed by atoms with Crippen LogP contribution in [0.15, 0.2) is 11.6 Å². The van der Waals surface area contributed by atoms with Crippen molar-refractivity contribution in [2.75, 3.05) is 0 Å². The summed E-state index contributed by atoms with van der Waals surface area (Å²) >= 11 is 0. The Bertz CT molecular complexity index is 363. The monoisotopic (exact) mass is 219 g/mol. The van der Waals surface area contributed by atoms with E-state index in [4.69, 9.17) is 0 Å². The highest BCUT2D eigenvalue weighted by Crippen LogP contribution is 2.57. The summed E-state index contributed by atoms with van der Waals surface area (Å²) in [6, 6.07) is 2.41. The number of aliphatic hydroxyl groups is 1. The number of nitrogens with zero attached hydrogens (tertiary/aromatic N) is 1. The predicted octanol–water partition coefficient (Wildman–Crippen LogP) is 3.03. The Morgan fingerprint density at radius 3 is 2.69 bits per heavy atom. The number of hydrogen-bond acceptors (Lipinski definition) is 2. The lowest BCUT2D eigenvalue weighted by atomic mass is 9.53. The molecule has 16 heavy (non-hydrogen) atoms. The number of nitriles is 1. The van der Waals surface area contributed by atoms with Gasteiger partial charge in [-0.15, -0.1) is 0 Å². The van der Waals surface area contributed by atoms with Gasteiger partial charge in [-0.25, -0.2) is 0 Å². The van der Waals surface area contributed by atoms with Crippen LogP contribution in [0.3, 0.4) is 0 Å². The van der Waals surface area contributed by atoms with Crippen LogP contribution in [0.5, 0.6) is 0 Å². The van der Waals surface area contributed by atoms with Crippen molar-refractivity contribution in [3.05, 3.63) is 11.6 Å². The Morgan fingerprint density at radius 1 is 1.38 bits per heavy atom. The Labute approximate surface area is 98.0 Å². The standard InChI is InChI=1S/C14H21NO/c1-13(2)5-4-6-14(3)10(9-15)7-11(16)8-12(13)14/h8,10-11,16H,4-7H2,1-3H3/t10-,11-,14-/m1/s1. The Hall–Kier alpha value is -0.810. The van der Waals surface area contributed by atoms with Crippen molar-refractivity contribution in [2.45, 2.75) is 52.6 Å². The first kappa shape index (κ1) is 11.7. The Balaban J connectivity index is 2.48. The number of hydrogen-bond donors (Lipinski definition) is 1. The second-order valence-corrected chi connectivity index (χ2v) is 6.22. The fourth-order valence-corrected chi connectivity index (χ4v) is 3.68. The average molecular weight is 219 g/mol. The minimum Gasteiger partial charge on any atom is -0.389 e. The van der Waals surface area contributed by atoms with Crippen LogP contribution >= 0.6 is 0 Å². The summed E-state index contributed by atoms with van der Waals surface area (Å²) in [6.45, 7) is 6.69. The molecule has 0 amide bonds. The van der Waals surface area contributed by atoms with Gasteiger partial charge in [-0.2, -0.15) is 5.26 Å². The maximum Gasteiger partial charge on any atom is 0.0736 e. The van der Waals surface area contributed by atoms with Crippen LogP contribution in [0.2, 0.25) is 0 Å². The van der Waals surface area contributed by atoms with Crippen LogP contribution in [0.1, 0.15) is 46.5 Å². The number of rotatable bonds is 0. The molecule has 2 nitrogen and oxygen atoms in total.